The summed E-state index contributed by atoms with van der Waals surface area (Å²) >= 11 is 7.56. The lowest BCUT2D eigenvalue weighted by atomic mass is 10.1. The van der Waals surface area contributed by atoms with Gasteiger partial charge in [-0.3, -0.25) is 4.79 Å². The summed E-state index contributed by atoms with van der Waals surface area (Å²) < 4.78 is 51.6. The zero-order valence-electron chi connectivity index (χ0n) is 10.6. The van der Waals surface area contributed by atoms with E-state index in [1.807, 2.05) is 22.6 Å². The minimum absolute atomic E-state index is 0.0259. The van der Waals surface area contributed by atoms with Crippen molar-refractivity contribution in [3.63, 3.8) is 0 Å². The van der Waals surface area contributed by atoms with Crippen molar-refractivity contribution in [2.45, 2.75) is 6.18 Å². The first-order chi connectivity index (χ1) is 10.2. The van der Waals surface area contributed by atoms with E-state index in [1.54, 1.807) is 0 Å². The van der Waals surface area contributed by atoms with Gasteiger partial charge in [-0.05, 0) is 59.0 Å². The van der Waals surface area contributed by atoms with E-state index in [0.29, 0.717) is 3.57 Å². The normalized spacial score (nSPS) is 11.4. The van der Waals surface area contributed by atoms with E-state index in [1.165, 1.54) is 12.1 Å². The SMILES string of the molecule is O=C(Nc1ccc(I)c(Cl)c1F)c1ccc(C(F)(F)F)cc1. The average Bonchev–Trinajstić information content (AvgIpc) is 2.47. The Hall–Kier alpha value is -1.35. The van der Waals surface area contributed by atoms with Gasteiger partial charge in [-0.15, -0.1) is 0 Å². The quantitative estimate of drug-likeness (QED) is 0.378. The summed E-state index contributed by atoms with van der Waals surface area (Å²) in [4.78, 5) is 11.9. The van der Waals surface area contributed by atoms with E-state index in [-0.39, 0.29) is 16.3 Å². The molecule has 0 aromatic heterocycles. The number of alkyl halides is 3. The summed E-state index contributed by atoms with van der Waals surface area (Å²) in [5.41, 5.74) is -1.04. The number of anilines is 1. The summed E-state index contributed by atoms with van der Waals surface area (Å²) in [6.45, 7) is 0. The van der Waals surface area contributed by atoms with Crippen LogP contribution in [0, 0.1) is 9.39 Å². The second kappa shape index (κ2) is 6.41. The van der Waals surface area contributed by atoms with E-state index in [2.05, 4.69) is 5.32 Å². The van der Waals surface area contributed by atoms with E-state index in [4.69, 9.17) is 11.6 Å². The standard InChI is InChI=1S/C14H7ClF4INO/c15-11-9(20)5-6-10(12(11)16)21-13(22)7-1-3-8(4-2-7)14(17,18)19/h1-6H,(H,21,22). The third-order valence-electron chi connectivity index (χ3n) is 2.76. The van der Waals surface area contributed by atoms with Crippen molar-refractivity contribution in [3.8, 4) is 0 Å². The van der Waals surface area contributed by atoms with Gasteiger partial charge in [0.1, 0.15) is 0 Å². The largest absolute Gasteiger partial charge is 0.416 e. The molecule has 0 heterocycles. The van der Waals surface area contributed by atoms with E-state index in [9.17, 15) is 22.4 Å². The molecule has 0 atom stereocenters. The Bertz CT molecular complexity index is 716. The Morgan fingerprint density at radius 1 is 1.09 bits per heavy atom. The molecule has 2 aromatic carbocycles. The number of carbonyl (C=O) groups is 1. The van der Waals surface area contributed by atoms with Crippen molar-refractivity contribution in [2.24, 2.45) is 0 Å². The Kier molecular flexibility index (Phi) is 4.96. The second-order valence-corrected chi connectivity index (χ2v) is 5.79. The summed E-state index contributed by atoms with van der Waals surface area (Å²) in [5.74, 6) is -1.53. The number of rotatable bonds is 2. The number of carbonyl (C=O) groups excluding carboxylic acids is 1. The molecule has 0 unspecified atom stereocenters. The molecule has 0 aliphatic heterocycles. The molecule has 0 radical (unpaired) electrons. The molecule has 1 amide bonds. The van der Waals surface area contributed by atoms with Gasteiger partial charge in [0.15, 0.2) is 5.82 Å². The van der Waals surface area contributed by atoms with Crippen LogP contribution in [0.2, 0.25) is 5.02 Å². The van der Waals surface area contributed by atoms with Crippen LogP contribution < -0.4 is 5.32 Å². The van der Waals surface area contributed by atoms with E-state index < -0.39 is 23.5 Å². The Labute approximate surface area is 141 Å². The molecular weight excluding hydrogens is 437 g/mol. The minimum atomic E-state index is -4.48. The predicted octanol–water partition coefficient (Wildman–Crippen LogP) is 5.35. The molecule has 0 saturated heterocycles. The number of amides is 1. The smallest absolute Gasteiger partial charge is 0.319 e. The van der Waals surface area contributed by atoms with Gasteiger partial charge >= 0.3 is 6.18 Å². The van der Waals surface area contributed by atoms with Crippen LogP contribution in [-0.4, -0.2) is 5.91 Å². The fourth-order valence-electron chi connectivity index (χ4n) is 1.63. The molecular formula is C14H7ClF4INO. The molecule has 1 N–H and O–H groups in total. The first-order valence-corrected chi connectivity index (χ1v) is 7.28. The maximum Gasteiger partial charge on any atom is 0.416 e. The lowest BCUT2D eigenvalue weighted by Gasteiger charge is -2.10. The molecule has 0 aliphatic rings. The number of hydrogen-bond donors (Lipinski definition) is 1. The van der Waals surface area contributed by atoms with Crippen molar-refractivity contribution in [3.05, 3.63) is 61.9 Å². The van der Waals surface area contributed by atoms with Gasteiger partial charge in [-0.1, -0.05) is 11.6 Å². The first-order valence-electron chi connectivity index (χ1n) is 5.82. The molecule has 0 fully saturated rings. The zero-order valence-corrected chi connectivity index (χ0v) is 13.6. The number of nitrogens with one attached hydrogen (secondary N) is 1. The molecule has 2 nitrogen and oxygen atoms in total. The van der Waals surface area contributed by atoms with Crippen molar-refractivity contribution in [1.82, 2.24) is 0 Å². The minimum Gasteiger partial charge on any atom is -0.319 e. The lowest BCUT2D eigenvalue weighted by molar-refractivity contribution is -0.137. The molecule has 116 valence electrons. The van der Waals surface area contributed by atoms with Gasteiger partial charge in [0, 0.05) is 9.13 Å². The van der Waals surface area contributed by atoms with Crippen LogP contribution >= 0.6 is 34.2 Å². The van der Waals surface area contributed by atoms with Crippen LogP contribution in [0.3, 0.4) is 0 Å². The van der Waals surface area contributed by atoms with Gasteiger partial charge < -0.3 is 5.32 Å². The first kappa shape index (κ1) is 17.0. The highest BCUT2D eigenvalue weighted by Crippen LogP contribution is 2.30. The summed E-state index contributed by atoms with van der Waals surface area (Å²) in [6, 6.07) is 6.44. The third-order valence-corrected chi connectivity index (χ3v) is 4.35. The number of hydrogen-bond acceptors (Lipinski definition) is 1. The molecule has 2 rings (SSSR count). The van der Waals surface area contributed by atoms with Gasteiger partial charge in [0.25, 0.3) is 5.91 Å². The van der Waals surface area contributed by atoms with E-state index in [0.717, 1.165) is 24.3 Å². The molecule has 2 aromatic rings. The second-order valence-electron chi connectivity index (χ2n) is 4.25. The Morgan fingerprint density at radius 2 is 1.68 bits per heavy atom. The predicted molar refractivity (Wildman–Crippen MR) is 83.5 cm³/mol. The summed E-state index contributed by atoms with van der Waals surface area (Å²) in [6.07, 6.45) is -4.48. The van der Waals surface area contributed by atoms with E-state index >= 15 is 0 Å². The van der Waals surface area contributed by atoms with Crippen molar-refractivity contribution in [1.29, 1.82) is 0 Å². The van der Waals surface area contributed by atoms with Gasteiger partial charge in [0.05, 0.1) is 16.3 Å². The zero-order chi connectivity index (χ0) is 16.5. The third kappa shape index (κ3) is 3.70. The highest BCUT2D eigenvalue weighted by molar-refractivity contribution is 14.1. The molecule has 0 aliphatic carbocycles. The summed E-state index contributed by atoms with van der Waals surface area (Å²) in [5, 5.41) is 2.14. The number of benzene rings is 2. The van der Waals surface area contributed by atoms with Crippen LogP contribution in [0.15, 0.2) is 36.4 Å². The van der Waals surface area contributed by atoms with Crippen molar-refractivity contribution in [2.75, 3.05) is 5.32 Å². The number of halogens is 6. The summed E-state index contributed by atoms with van der Waals surface area (Å²) in [7, 11) is 0. The Balaban J connectivity index is 2.21. The maximum atomic E-state index is 13.9. The van der Waals surface area contributed by atoms with Gasteiger partial charge in [-0.2, -0.15) is 13.2 Å². The van der Waals surface area contributed by atoms with Gasteiger partial charge in [0.2, 0.25) is 0 Å². The monoisotopic (exact) mass is 443 g/mol. The fourth-order valence-corrected chi connectivity index (χ4v) is 2.21. The van der Waals surface area contributed by atoms with Crippen LogP contribution in [0.1, 0.15) is 15.9 Å². The van der Waals surface area contributed by atoms with Crippen LogP contribution in [0.25, 0.3) is 0 Å². The fraction of sp³-hybridized carbons (Fsp3) is 0.0714. The maximum absolute atomic E-state index is 13.9. The molecule has 0 spiro atoms. The van der Waals surface area contributed by atoms with Crippen LogP contribution in [-0.2, 0) is 6.18 Å². The van der Waals surface area contributed by atoms with Crippen LogP contribution in [0.5, 0.6) is 0 Å². The molecule has 0 saturated carbocycles. The van der Waals surface area contributed by atoms with Crippen molar-refractivity contribution >= 4 is 45.8 Å². The highest BCUT2D eigenvalue weighted by atomic mass is 127. The van der Waals surface area contributed by atoms with Crippen LogP contribution in [0.4, 0.5) is 23.2 Å². The highest BCUT2D eigenvalue weighted by Gasteiger charge is 2.30. The molecule has 22 heavy (non-hydrogen) atoms. The van der Waals surface area contributed by atoms with Gasteiger partial charge in [-0.25, -0.2) is 4.39 Å². The molecule has 8 heteroatoms. The Morgan fingerprint density at radius 3 is 2.23 bits per heavy atom. The van der Waals surface area contributed by atoms with Crippen molar-refractivity contribution < 1.29 is 22.4 Å². The lowest BCUT2D eigenvalue weighted by Crippen LogP contribution is -2.14. The average molecular weight is 444 g/mol. The topological polar surface area (TPSA) is 29.1 Å². The molecule has 0 bridgehead atoms.